The Bertz CT molecular complexity index is 955. The van der Waals surface area contributed by atoms with Crippen LogP contribution in [0.15, 0.2) is 29.2 Å². The molecule has 0 saturated carbocycles. The van der Waals surface area contributed by atoms with E-state index in [2.05, 4.69) is 4.72 Å². The van der Waals surface area contributed by atoms with Gasteiger partial charge >= 0.3 is 5.97 Å². The summed E-state index contributed by atoms with van der Waals surface area (Å²) in [7, 11) is -1.01. The molecule has 0 aliphatic carbocycles. The summed E-state index contributed by atoms with van der Waals surface area (Å²) in [6.45, 7) is 6.17. The predicted molar refractivity (Wildman–Crippen MR) is 126 cm³/mol. The number of carbonyl (C=O) groups is 3. The fourth-order valence-electron chi connectivity index (χ4n) is 3.70. The first-order valence-corrected chi connectivity index (χ1v) is 12.8. The van der Waals surface area contributed by atoms with E-state index < -0.39 is 22.0 Å². The van der Waals surface area contributed by atoms with Crippen molar-refractivity contribution in [1.82, 2.24) is 14.5 Å². The summed E-state index contributed by atoms with van der Waals surface area (Å²) >= 11 is 0. The van der Waals surface area contributed by atoms with Crippen molar-refractivity contribution < 1.29 is 32.3 Å². The summed E-state index contributed by atoms with van der Waals surface area (Å²) in [5.41, 5.74) is 0. The molecule has 0 radical (unpaired) electrons. The number of rotatable bonds is 10. The Morgan fingerprint density at radius 2 is 1.74 bits per heavy atom. The highest BCUT2D eigenvalue weighted by Crippen LogP contribution is 2.20. The van der Waals surface area contributed by atoms with Gasteiger partial charge in [-0.3, -0.25) is 14.4 Å². The molecular formula is C23H35N3O7S. The van der Waals surface area contributed by atoms with Gasteiger partial charge in [0.05, 0.1) is 31.1 Å². The van der Waals surface area contributed by atoms with Gasteiger partial charge < -0.3 is 19.3 Å². The molecule has 1 heterocycles. The highest BCUT2D eigenvalue weighted by molar-refractivity contribution is 7.89. The lowest BCUT2D eigenvalue weighted by atomic mass is 9.97. The molecule has 34 heavy (non-hydrogen) atoms. The number of hydrogen-bond donors (Lipinski definition) is 1. The number of benzene rings is 1. The Morgan fingerprint density at radius 3 is 2.24 bits per heavy atom. The normalized spacial score (nSPS) is 15.6. The maximum atomic E-state index is 13.1. The van der Waals surface area contributed by atoms with Crippen LogP contribution in [0.5, 0.6) is 5.75 Å². The number of hydrogen-bond acceptors (Lipinski definition) is 7. The highest BCUT2D eigenvalue weighted by Gasteiger charge is 2.33. The zero-order valence-electron chi connectivity index (χ0n) is 20.4. The maximum Gasteiger partial charge on any atom is 0.309 e. The van der Waals surface area contributed by atoms with Crippen LogP contribution in [0.1, 0.15) is 33.6 Å². The molecule has 1 N–H and O–H groups in total. The maximum absolute atomic E-state index is 13.1. The second kappa shape index (κ2) is 12.2. The van der Waals surface area contributed by atoms with Crippen LogP contribution >= 0.6 is 0 Å². The summed E-state index contributed by atoms with van der Waals surface area (Å²) in [6.07, 6.45) is 1.02. The zero-order chi connectivity index (χ0) is 25.5. The van der Waals surface area contributed by atoms with Crippen LogP contribution in [-0.4, -0.2) is 82.4 Å². The molecule has 1 atom stereocenters. The lowest BCUT2D eigenvalue weighted by Crippen LogP contribution is -2.52. The number of sulfonamides is 1. The van der Waals surface area contributed by atoms with E-state index in [-0.39, 0.29) is 35.2 Å². The molecule has 1 aromatic rings. The third-order valence-corrected chi connectivity index (χ3v) is 7.26. The molecule has 1 aromatic carbocycles. The predicted octanol–water partition coefficient (Wildman–Crippen LogP) is 1.26. The molecular weight excluding hydrogens is 462 g/mol. The van der Waals surface area contributed by atoms with Crippen LogP contribution in [0, 0.1) is 11.8 Å². The summed E-state index contributed by atoms with van der Waals surface area (Å²) in [5.74, 6) is -1.05. The van der Waals surface area contributed by atoms with Crippen molar-refractivity contribution in [3.05, 3.63) is 24.3 Å². The Hall–Kier alpha value is -2.66. The first-order chi connectivity index (χ1) is 16.0. The minimum atomic E-state index is -3.97. The van der Waals surface area contributed by atoms with Crippen LogP contribution in [0.25, 0.3) is 0 Å². The summed E-state index contributed by atoms with van der Waals surface area (Å²) in [6, 6.07) is 4.80. The standard InChI is InChI=1S/C23H35N3O7S/c1-6-33-23(29)17-11-13-26(14-12-17)20(27)15-25(4)22(28)21(16(2)3)24-34(30,31)19-9-7-18(32-5)8-10-19/h7-10,16-17,21,24H,6,11-15H2,1-5H3/t21-/m0/s1. The van der Waals surface area contributed by atoms with Crippen molar-refractivity contribution in [3.63, 3.8) is 0 Å². The SMILES string of the molecule is CCOC(=O)C1CCN(C(=O)CN(C)C(=O)[C@@H](NS(=O)(=O)c2ccc(OC)cc2)C(C)C)CC1. The van der Waals surface area contributed by atoms with E-state index in [9.17, 15) is 22.8 Å². The number of piperidine rings is 1. The smallest absolute Gasteiger partial charge is 0.309 e. The van der Waals surface area contributed by atoms with Crippen LogP contribution in [-0.2, 0) is 29.1 Å². The Kier molecular flexibility index (Phi) is 9.87. The number of esters is 1. The average Bonchev–Trinajstić information content (AvgIpc) is 2.82. The van der Waals surface area contributed by atoms with Gasteiger partial charge in [-0.05, 0) is 49.9 Å². The molecule has 10 nitrogen and oxygen atoms in total. The molecule has 1 aliphatic heterocycles. The molecule has 190 valence electrons. The number of nitrogens with one attached hydrogen (secondary N) is 1. The van der Waals surface area contributed by atoms with Crippen molar-refractivity contribution in [3.8, 4) is 5.75 Å². The molecule has 0 unspecified atom stereocenters. The molecule has 1 saturated heterocycles. The van der Waals surface area contributed by atoms with Gasteiger partial charge in [0.1, 0.15) is 11.8 Å². The Balaban J connectivity index is 1.99. The van der Waals surface area contributed by atoms with Gasteiger partial charge in [-0.2, -0.15) is 4.72 Å². The van der Waals surface area contributed by atoms with Crippen molar-refractivity contribution in [1.29, 1.82) is 0 Å². The molecule has 2 rings (SSSR count). The van der Waals surface area contributed by atoms with E-state index in [0.29, 0.717) is 38.3 Å². The fourth-order valence-corrected chi connectivity index (χ4v) is 5.04. The van der Waals surface area contributed by atoms with Crippen molar-refractivity contribution in [2.75, 3.05) is 40.4 Å². The van der Waals surface area contributed by atoms with Gasteiger partial charge in [0, 0.05) is 20.1 Å². The molecule has 0 aromatic heterocycles. The molecule has 1 fully saturated rings. The molecule has 0 bridgehead atoms. The van der Waals surface area contributed by atoms with E-state index in [4.69, 9.17) is 9.47 Å². The fraction of sp³-hybridized carbons (Fsp3) is 0.609. The van der Waals surface area contributed by atoms with Crippen LogP contribution in [0.4, 0.5) is 0 Å². The number of methoxy groups -OCH3 is 1. The van der Waals surface area contributed by atoms with E-state index >= 15 is 0 Å². The third-order valence-electron chi connectivity index (χ3n) is 5.80. The zero-order valence-corrected chi connectivity index (χ0v) is 21.3. The van der Waals surface area contributed by atoms with Crippen LogP contribution in [0.2, 0.25) is 0 Å². The third kappa shape index (κ3) is 7.17. The average molecular weight is 498 g/mol. The van der Waals surface area contributed by atoms with E-state index in [1.165, 1.54) is 43.3 Å². The van der Waals surface area contributed by atoms with Gasteiger partial charge in [-0.1, -0.05) is 13.8 Å². The van der Waals surface area contributed by atoms with E-state index in [1.807, 2.05) is 0 Å². The second-order valence-corrected chi connectivity index (χ2v) is 10.3. The van der Waals surface area contributed by atoms with Crippen LogP contribution < -0.4 is 9.46 Å². The minimum absolute atomic E-state index is 0.00921. The quantitative estimate of drug-likeness (QED) is 0.483. The van der Waals surface area contributed by atoms with Crippen LogP contribution in [0.3, 0.4) is 0 Å². The number of ether oxygens (including phenoxy) is 2. The lowest BCUT2D eigenvalue weighted by molar-refractivity contribution is -0.151. The number of amides is 2. The summed E-state index contributed by atoms with van der Waals surface area (Å²) < 4.78 is 38.3. The summed E-state index contributed by atoms with van der Waals surface area (Å²) in [4.78, 5) is 40.6. The number of likely N-dealkylation sites (N-methyl/N-ethyl adjacent to an activating group) is 1. The van der Waals surface area contributed by atoms with Gasteiger partial charge in [0.15, 0.2) is 0 Å². The molecule has 1 aliphatic rings. The summed E-state index contributed by atoms with van der Waals surface area (Å²) in [5, 5.41) is 0. The van der Waals surface area contributed by atoms with Gasteiger partial charge in [-0.25, -0.2) is 8.42 Å². The number of carbonyl (C=O) groups excluding carboxylic acids is 3. The van der Waals surface area contributed by atoms with Gasteiger partial charge in [0.2, 0.25) is 21.8 Å². The van der Waals surface area contributed by atoms with Crippen molar-refractivity contribution in [2.24, 2.45) is 11.8 Å². The monoisotopic (exact) mass is 497 g/mol. The minimum Gasteiger partial charge on any atom is -0.497 e. The largest absolute Gasteiger partial charge is 0.497 e. The topological polar surface area (TPSA) is 122 Å². The van der Waals surface area contributed by atoms with Crippen molar-refractivity contribution >= 4 is 27.8 Å². The lowest BCUT2D eigenvalue weighted by Gasteiger charge is -2.33. The molecule has 2 amide bonds. The molecule has 11 heteroatoms. The first-order valence-electron chi connectivity index (χ1n) is 11.4. The highest BCUT2D eigenvalue weighted by atomic mass is 32.2. The molecule has 0 spiro atoms. The number of nitrogens with zero attached hydrogens (tertiary/aromatic N) is 2. The Labute approximate surface area is 201 Å². The van der Waals surface area contributed by atoms with Gasteiger partial charge in [-0.15, -0.1) is 0 Å². The van der Waals surface area contributed by atoms with E-state index in [1.54, 1.807) is 25.7 Å². The van der Waals surface area contributed by atoms with E-state index in [0.717, 1.165) is 0 Å². The van der Waals surface area contributed by atoms with Gasteiger partial charge in [0.25, 0.3) is 0 Å². The first kappa shape index (κ1) is 27.6. The Morgan fingerprint density at radius 1 is 1.15 bits per heavy atom. The second-order valence-electron chi connectivity index (χ2n) is 8.62. The number of likely N-dealkylation sites (tertiary alicyclic amines) is 1. The van der Waals surface area contributed by atoms with Crippen molar-refractivity contribution in [2.45, 2.75) is 44.6 Å².